The van der Waals surface area contributed by atoms with E-state index in [9.17, 15) is 5.11 Å². The number of allylic oxidation sites excluding steroid dienone is 1. The van der Waals surface area contributed by atoms with Crippen LogP contribution in [0.2, 0.25) is 0 Å². The molecular formula is C25H26O. The summed E-state index contributed by atoms with van der Waals surface area (Å²) in [5, 5.41) is 10.6. The van der Waals surface area contributed by atoms with Crippen molar-refractivity contribution < 1.29 is 5.11 Å². The van der Waals surface area contributed by atoms with Crippen LogP contribution in [0.1, 0.15) is 47.6 Å². The first-order valence-electron chi connectivity index (χ1n) is 9.19. The quantitative estimate of drug-likeness (QED) is 0.414. The van der Waals surface area contributed by atoms with Crippen molar-refractivity contribution in [2.24, 2.45) is 0 Å². The van der Waals surface area contributed by atoms with Crippen LogP contribution in [0.15, 0.2) is 84.9 Å². The van der Waals surface area contributed by atoms with E-state index in [1.54, 1.807) is 0 Å². The zero-order valence-electron chi connectivity index (χ0n) is 15.6. The summed E-state index contributed by atoms with van der Waals surface area (Å²) in [6, 6.07) is 25.4. The molecule has 0 saturated heterocycles. The van der Waals surface area contributed by atoms with Gasteiger partial charge in [0.25, 0.3) is 0 Å². The van der Waals surface area contributed by atoms with Crippen molar-refractivity contribution in [2.75, 3.05) is 0 Å². The minimum Gasteiger partial charge on any atom is -0.507 e. The van der Waals surface area contributed by atoms with Gasteiger partial charge in [0, 0.05) is 5.92 Å². The molecule has 0 atom stereocenters. The van der Waals surface area contributed by atoms with E-state index in [1.165, 1.54) is 16.7 Å². The van der Waals surface area contributed by atoms with E-state index in [0.29, 0.717) is 12.2 Å². The van der Waals surface area contributed by atoms with Crippen LogP contribution in [0.5, 0.6) is 5.75 Å². The van der Waals surface area contributed by atoms with Gasteiger partial charge in [-0.3, -0.25) is 0 Å². The first-order valence-corrected chi connectivity index (χ1v) is 9.19. The SMILES string of the molecule is C=C(C)Cc1cc(C(c2ccccc2)c2ccccc2)cc(CC)c1O. The van der Waals surface area contributed by atoms with Crippen molar-refractivity contribution in [1.82, 2.24) is 0 Å². The summed E-state index contributed by atoms with van der Waals surface area (Å²) in [6.07, 6.45) is 1.50. The largest absolute Gasteiger partial charge is 0.507 e. The Balaban J connectivity index is 2.19. The first-order chi connectivity index (χ1) is 12.6. The van der Waals surface area contributed by atoms with Gasteiger partial charge in [-0.1, -0.05) is 91.9 Å². The Morgan fingerprint density at radius 2 is 1.35 bits per heavy atom. The minimum absolute atomic E-state index is 0.146. The monoisotopic (exact) mass is 342 g/mol. The van der Waals surface area contributed by atoms with Crippen molar-refractivity contribution in [3.8, 4) is 5.75 Å². The van der Waals surface area contributed by atoms with E-state index in [0.717, 1.165) is 23.1 Å². The standard InChI is InChI=1S/C25H26O/c1-4-19-16-22(17-23(25(19)26)15-18(2)3)24(20-11-7-5-8-12-20)21-13-9-6-10-14-21/h5-14,16-17,24,26H,2,4,15H2,1,3H3. The summed E-state index contributed by atoms with van der Waals surface area (Å²) in [4.78, 5) is 0. The molecule has 1 heteroatoms. The lowest BCUT2D eigenvalue weighted by molar-refractivity contribution is 0.462. The number of phenols is 1. The fourth-order valence-corrected chi connectivity index (χ4v) is 3.55. The van der Waals surface area contributed by atoms with E-state index in [-0.39, 0.29) is 5.92 Å². The molecule has 0 heterocycles. The number of aromatic hydroxyl groups is 1. The van der Waals surface area contributed by atoms with Gasteiger partial charge in [0.15, 0.2) is 0 Å². The van der Waals surface area contributed by atoms with Crippen LogP contribution < -0.4 is 0 Å². The highest BCUT2D eigenvalue weighted by Gasteiger charge is 2.19. The lowest BCUT2D eigenvalue weighted by atomic mass is 9.83. The second kappa shape index (κ2) is 8.05. The van der Waals surface area contributed by atoms with Gasteiger partial charge in [0.1, 0.15) is 5.75 Å². The summed E-state index contributed by atoms with van der Waals surface area (Å²) < 4.78 is 0. The van der Waals surface area contributed by atoms with Crippen LogP contribution in [0, 0.1) is 0 Å². The van der Waals surface area contributed by atoms with Crippen LogP contribution >= 0.6 is 0 Å². The smallest absolute Gasteiger partial charge is 0.122 e. The van der Waals surface area contributed by atoms with Crippen LogP contribution in [0.4, 0.5) is 0 Å². The van der Waals surface area contributed by atoms with E-state index in [4.69, 9.17) is 0 Å². The molecule has 0 aliphatic carbocycles. The molecule has 0 radical (unpaired) electrons. The van der Waals surface area contributed by atoms with Gasteiger partial charge in [-0.15, -0.1) is 0 Å². The maximum atomic E-state index is 10.6. The van der Waals surface area contributed by atoms with Gasteiger partial charge < -0.3 is 5.11 Å². The fraction of sp³-hybridized carbons (Fsp3) is 0.200. The third-order valence-electron chi connectivity index (χ3n) is 4.76. The molecule has 1 nitrogen and oxygen atoms in total. The molecular weight excluding hydrogens is 316 g/mol. The Hall–Kier alpha value is -2.80. The second-order valence-corrected chi connectivity index (χ2v) is 6.93. The Morgan fingerprint density at radius 3 is 1.81 bits per heavy atom. The maximum absolute atomic E-state index is 10.6. The third kappa shape index (κ3) is 3.88. The van der Waals surface area contributed by atoms with E-state index in [2.05, 4.69) is 74.2 Å². The van der Waals surface area contributed by atoms with Crippen molar-refractivity contribution in [3.05, 3.63) is 113 Å². The highest BCUT2D eigenvalue weighted by Crippen LogP contribution is 2.36. The lowest BCUT2D eigenvalue weighted by Gasteiger charge is -2.22. The number of phenolic OH excluding ortho intramolecular Hbond substituents is 1. The summed E-state index contributed by atoms with van der Waals surface area (Å²) in [5.74, 6) is 0.561. The Labute approximate surface area is 156 Å². The lowest BCUT2D eigenvalue weighted by Crippen LogP contribution is -2.05. The molecule has 0 bridgehead atoms. The summed E-state index contributed by atoms with van der Waals surface area (Å²) >= 11 is 0. The van der Waals surface area contributed by atoms with Gasteiger partial charge in [0.05, 0.1) is 0 Å². The highest BCUT2D eigenvalue weighted by molar-refractivity contribution is 5.51. The number of aryl methyl sites for hydroxylation is 1. The molecule has 0 unspecified atom stereocenters. The van der Waals surface area contributed by atoms with E-state index in [1.807, 2.05) is 19.1 Å². The Bertz CT molecular complexity index is 839. The topological polar surface area (TPSA) is 20.2 Å². The molecule has 0 saturated carbocycles. The molecule has 0 aromatic heterocycles. The average molecular weight is 342 g/mol. The van der Waals surface area contributed by atoms with Crippen molar-refractivity contribution in [2.45, 2.75) is 32.6 Å². The summed E-state index contributed by atoms with van der Waals surface area (Å²) in [5.41, 5.74) is 6.74. The molecule has 0 aliphatic heterocycles. The van der Waals surface area contributed by atoms with E-state index < -0.39 is 0 Å². The number of benzene rings is 3. The molecule has 132 valence electrons. The van der Waals surface area contributed by atoms with Crippen LogP contribution in [0.3, 0.4) is 0 Å². The molecule has 3 aromatic carbocycles. The third-order valence-corrected chi connectivity index (χ3v) is 4.76. The maximum Gasteiger partial charge on any atom is 0.122 e. The van der Waals surface area contributed by atoms with Crippen LogP contribution in [-0.2, 0) is 12.8 Å². The number of hydrogen-bond donors (Lipinski definition) is 1. The molecule has 0 aliphatic rings. The molecule has 0 fully saturated rings. The summed E-state index contributed by atoms with van der Waals surface area (Å²) in [6.45, 7) is 8.12. The summed E-state index contributed by atoms with van der Waals surface area (Å²) in [7, 11) is 0. The highest BCUT2D eigenvalue weighted by atomic mass is 16.3. The first kappa shape index (κ1) is 18.0. The minimum atomic E-state index is 0.146. The van der Waals surface area contributed by atoms with Crippen molar-refractivity contribution >= 4 is 0 Å². The second-order valence-electron chi connectivity index (χ2n) is 6.93. The molecule has 26 heavy (non-hydrogen) atoms. The Kier molecular flexibility index (Phi) is 5.58. The predicted molar refractivity (Wildman–Crippen MR) is 110 cm³/mol. The van der Waals surface area contributed by atoms with Gasteiger partial charge in [0.2, 0.25) is 0 Å². The molecule has 0 spiro atoms. The van der Waals surface area contributed by atoms with Crippen molar-refractivity contribution in [1.29, 1.82) is 0 Å². The van der Waals surface area contributed by atoms with Crippen LogP contribution in [0.25, 0.3) is 0 Å². The Morgan fingerprint density at radius 1 is 0.846 bits per heavy atom. The van der Waals surface area contributed by atoms with Crippen LogP contribution in [-0.4, -0.2) is 5.11 Å². The van der Waals surface area contributed by atoms with Gasteiger partial charge in [-0.05, 0) is 47.6 Å². The zero-order chi connectivity index (χ0) is 18.5. The van der Waals surface area contributed by atoms with Gasteiger partial charge in [-0.25, -0.2) is 0 Å². The predicted octanol–water partition coefficient (Wildman–Crippen LogP) is 6.25. The molecule has 3 aromatic rings. The normalized spacial score (nSPS) is 10.9. The van der Waals surface area contributed by atoms with E-state index >= 15 is 0 Å². The average Bonchev–Trinajstić information content (AvgIpc) is 2.65. The fourth-order valence-electron chi connectivity index (χ4n) is 3.55. The molecule has 1 N–H and O–H groups in total. The zero-order valence-corrected chi connectivity index (χ0v) is 15.6. The van der Waals surface area contributed by atoms with Crippen molar-refractivity contribution in [3.63, 3.8) is 0 Å². The molecule has 3 rings (SSSR count). The van der Waals surface area contributed by atoms with Gasteiger partial charge in [-0.2, -0.15) is 0 Å². The molecule has 0 amide bonds. The number of hydrogen-bond acceptors (Lipinski definition) is 1. The van der Waals surface area contributed by atoms with Gasteiger partial charge >= 0.3 is 0 Å². The number of rotatable bonds is 6.